The van der Waals surface area contributed by atoms with E-state index in [1.165, 1.54) is 0 Å². The molecule has 1 N–H and O–H groups in total. The summed E-state index contributed by atoms with van der Waals surface area (Å²) in [7, 11) is 0. The Labute approximate surface area is 95.4 Å². The third-order valence-electron chi connectivity index (χ3n) is 2.84. The molecule has 1 unspecified atom stereocenters. The Morgan fingerprint density at radius 2 is 2.12 bits per heavy atom. The highest BCUT2D eigenvalue weighted by Gasteiger charge is 2.30. The first-order chi connectivity index (χ1) is 7.52. The van der Waals surface area contributed by atoms with Crippen molar-refractivity contribution in [3.63, 3.8) is 0 Å². The number of likely N-dealkylation sites (tertiary alicyclic amines) is 1. The highest BCUT2D eigenvalue weighted by atomic mass is 16.5. The fourth-order valence-electron chi connectivity index (χ4n) is 2.10. The van der Waals surface area contributed by atoms with E-state index in [1.807, 2.05) is 4.90 Å². The van der Waals surface area contributed by atoms with E-state index in [9.17, 15) is 9.59 Å². The maximum absolute atomic E-state index is 11.7. The SMILES string of the molecule is CC(C)C1CCCN1C(=O)COCC(=O)O. The predicted molar refractivity (Wildman–Crippen MR) is 58.0 cm³/mol. The Balaban J connectivity index is 2.38. The number of ether oxygens (including phenoxy) is 1. The summed E-state index contributed by atoms with van der Waals surface area (Å²) in [6.07, 6.45) is 2.05. The fraction of sp³-hybridized carbons (Fsp3) is 0.818. The van der Waals surface area contributed by atoms with Crippen molar-refractivity contribution in [2.45, 2.75) is 32.7 Å². The lowest BCUT2D eigenvalue weighted by Gasteiger charge is -2.27. The summed E-state index contributed by atoms with van der Waals surface area (Å²) in [5.41, 5.74) is 0. The zero-order valence-electron chi connectivity index (χ0n) is 9.81. The number of amides is 1. The predicted octanol–water partition coefficient (Wildman–Crippen LogP) is 0.735. The van der Waals surface area contributed by atoms with E-state index < -0.39 is 12.6 Å². The van der Waals surface area contributed by atoms with Crippen LogP contribution in [0, 0.1) is 5.92 Å². The zero-order valence-corrected chi connectivity index (χ0v) is 9.81. The summed E-state index contributed by atoms with van der Waals surface area (Å²) in [6.45, 7) is 4.41. The first-order valence-corrected chi connectivity index (χ1v) is 5.61. The molecule has 0 aliphatic carbocycles. The number of hydrogen-bond acceptors (Lipinski definition) is 3. The maximum atomic E-state index is 11.7. The number of aliphatic carboxylic acids is 1. The highest BCUT2D eigenvalue weighted by Crippen LogP contribution is 2.23. The minimum absolute atomic E-state index is 0.0996. The molecule has 0 bridgehead atoms. The maximum Gasteiger partial charge on any atom is 0.329 e. The number of nitrogens with zero attached hydrogens (tertiary/aromatic N) is 1. The molecule has 1 saturated heterocycles. The molecule has 0 aromatic rings. The number of carboxylic acids is 1. The van der Waals surface area contributed by atoms with Crippen molar-refractivity contribution < 1.29 is 19.4 Å². The van der Waals surface area contributed by atoms with Crippen molar-refractivity contribution >= 4 is 11.9 Å². The topological polar surface area (TPSA) is 66.8 Å². The van der Waals surface area contributed by atoms with Crippen LogP contribution in [0.4, 0.5) is 0 Å². The van der Waals surface area contributed by atoms with Gasteiger partial charge in [-0.25, -0.2) is 4.79 Å². The second-order valence-electron chi connectivity index (χ2n) is 4.43. The lowest BCUT2D eigenvalue weighted by Crippen LogP contribution is -2.40. The minimum Gasteiger partial charge on any atom is -0.480 e. The Kier molecular flexibility index (Phi) is 4.73. The van der Waals surface area contributed by atoms with Crippen molar-refractivity contribution in [1.82, 2.24) is 4.90 Å². The van der Waals surface area contributed by atoms with Crippen molar-refractivity contribution in [1.29, 1.82) is 0 Å². The Morgan fingerprint density at radius 1 is 1.44 bits per heavy atom. The smallest absolute Gasteiger partial charge is 0.329 e. The molecule has 0 aromatic carbocycles. The average Bonchev–Trinajstić information content (AvgIpc) is 2.65. The van der Waals surface area contributed by atoms with Gasteiger partial charge in [0.15, 0.2) is 0 Å². The van der Waals surface area contributed by atoms with Gasteiger partial charge in [-0.05, 0) is 18.8 Å². The van der Waals surface area contributed by atoms with E-state index in [1.54, 1.807) is 0 Å². The van der Waals surface area contributed by atoms with Crippen LogP contribution < -0.4 is 0 Å². The van der Waals surface area contributed by atoms with Gasteiger partial charge in [0.25, 0.3) is 0 Å². The minimum atomic E-state index is -1.05. The van der Waals surface area contributed by atoms with Crippen molar-refractivity contribution in [2.75, 3.05) is 19.8 Å². The Bertz CT molecular complexity index is 265. The van der Waals surface area contributed by atoms with Crippen LogP contribution >= 0.6 is 0 Å². The monoisotopic (exact) mass is 229 g/mol. The van der Waals surface area contributed by atoms with E-state index >= 15 is 0 Å². The van der Waals surface area contributed by atoms with Gasteiger partial charge >= 0.3 is 5.97 Å². The van der Waals surface area contributed by atoms with E-state index in [0.717, 1.165) is 19.4 Å². The molecular formula is C11H19NO4. The second-order valence-corrected chi connectivity index (χ2v) is 4.43. The van der Waals surface area contributed by atoms with Crippen molar-refractivity contribution in [3.05, 3.63) is 0 Å². The first kappa shape index (κ1) is 13.0. The van der Waals surface area contributed by atoms with Crippen LogP contribution in [0.5, 0.6) is 0 Å². The molecule has 0 saturated carbocycles. The standard InChI is InChI=1S/C11H19NO4/c1-8(2)9-4-3-5-12(9)10(13)6-16-7-11(14)15/h8-9H,3-7H2,1-2H3,(H,14,15). The van der Waals surface area contributed by atoms with Gasteiger partial charge < -0.3 is 14.7 Å². The third kappa shape index (κ3) is 3.48. The molecule has 1 atom stereocenters. The molecule has 1 rings (SSSR count). The summed E-state index contributed by atoms with van der Waals surface area (Å²) < 4.78 is 4.81. The molecule has 5 heteroatoms. The summed E-state index contributed by atoms with van der Waals surface area (Å²) in [4.78, 5) is 23.8. The lowest BCUT2D eigenvalue weighted by atomic mass is 10.0. The van der Waals surface area contributed by atoms with Crippen LogP contribution in [0.1, 0.15) is 26.7 Å². The van der Waals surface area contributed by atoms with E-state index in [4.69, 9.17) is 9.84 Å². The zero-order chi connectivity index (χ0) is 12.1. The molecule has 5 nitrogen and oxygen atoms in total. The molecule has 1 aliphatic heterocycles. The van der Waals surface area contributed by atoms with Gasteiger partial charge in [0.05, 0.1) is 0 Å². The normalized spacial score (nSPS) is 20.4. The van der Waals surface area contributed by atoms with E-state index in [-0.39, 0.29) is 18.6 Å². The van der Waals surface area contributed by atoms with Crippen LogP contribution in [0.15, 0.2) is 0 Å². The highest BCUT2D eigenvalue weighted by molar-refractivity contribution is 5.78. The fourth-order valence-corrected chi connectivity index (χ4v) is 2.10. The quantitative estimate of drug-likeness (QED) is 0.755. The molecule has 1 heterocycles. The van der Waals surface area contributed by atoms with Gasteiger partial charge in [-0.15, -0.1) is 0 Å². The van der Waals surface area contributed by atoms with Crippen LogP contribution in [0.25, 0.3) is 0 Å². The van der Waals surface area contributed by atoms with Gasteiger partial charge in [-0.3, -0.25) is 4.79 Å². The van der Waals surface area contributed by atoms with Gasteiger partial charge in [0.2, 0.25) is 5.91 Å². The van der Waals surface area contributed by atoms with E-state index in [2.05, 4.69) is 13.8 Å². The lowest BCUT2D eigenvalue weighted by molar-refractivity contribution is -0.146. The molecular weight excluding hydrogens is 210 g/mol. The van der Waals surface area contributed by atoms with Gasteiger partial charge in [-0.2, -0.15) is 0 Å². The summed E-state index contributed by atoms with van der Waals surface area (Å²) in [5.74, 6) is -0.710. The molecule has 0 spiro atoms. The van der Waals surface area contributed by atoms with E-state index in [0.29, 0.717) is 5.92 Å². The first-order valence-electron chi connectivity index (χ1n) is 5.61. The van der Waals surface area contributed by atoms with Crippen LogP contribution in [-0.4, -0.2) is 47.7 Å². The molecule has 0 radical (unpaired) electrons. The Hall–Kier alpha value is -1.10. The van der Waals surface area contributed by atoms with Crippen LogP contribution in [-0.2, 0) is 14.3 Å². The number of carbonyl (C=O) groups is 2. The van der Waals surface area contributed by atoms with Crippen LogP contribution in [0.2, 0.25) is 0 Å². The number of carboxylic acid groups (broad SMARTS) is 1. The van der Waals surface area contributed by atoms with Gasteiger partial charge in [-0.1, -0.05) is 13.8 Å². The molecule has 1 aliphatic rings. The molecule has 0 aromatic heterocycles. The summed E-state index contributed by atoms with van der Waals surface area (Å²) in [5, 5.41) is 8.38. The number of rotatable bonds is 5. The molecule has 16 heavy (non-hydrogen) atoms. The summed E-state index contributed by atoms with van der Waals surface area (Å²) >= 11 is 0. The van der Waals surface area contributed by atoms with Crippen molar-refractivity contribution in [2.24, 2.45) is 5.92 Å². The number of carbonyl (C=O) groups excluding carboxylic acids is 1. The van der Waals surface area contributed by atoms with Gasteiger partial charge in [0, 0.05) is 12.6 Å². The van der Waals surface area contributed by atoms with Crippen molar-refractivity contribution in [3.8, 4) is 0 Å². The number of hydrogen-bond donors (Lipinski definition) is 1. The average molecular weight is 229 g/mol. The molecule has 92 valence electrons. The molecule has 1 amide bonds. The molecule has 1 fully saturated rings. The third-order valence-corrected chi connectivity index (χ3v) is 2.84. The Morgan fingerprint density at radius 3 is 2.69 bits per heavy atom. The van der Waals surface area contributed by atoms with Crippen LogP contribution in [0.3, 0.4) is 0 Å². The second kappa shape index (κ2) is 5.84. The largest absolute Gasteiger partial charge is 0.480 e. The van der Waals surface area contributed by atoms with Gasteiger partial charge in [0.1, 0.15) is 13.2 Å². The summed E-state index contributed by atoms with van der Waals surface area (Å²) in [6, 6.07) is 0.279.